The predicted octanol–water partition coefficient (Wildman–Crippen LogP) is 3.98. The van der Waals surface area contributed by atoms with Crippen LogP contribution in [0.3, 0.4) is 0 Å². The zero-order valence-corrected chi connectivity index (χ0v) is 20.5. The summed E-state index contributed by atoms with van der Waals surface area (Å²) in [6, 6.07) is 26.9. The molecule has 0 spiro atoms. The maximum atomic E-state index is 13.0. The smallest absolute Gasteiger partial charge is 0.253 e. The largest absolute Gasteiger partial charge is 0.495 e. The predicted molar refractivity (Wildman–Crippen MR) is 141 cm³/mol. The molecule has 0 radical (unpaired) electrons. The van der Waals surface area contributed by atoms with Crippen LogP contribution in [0.4, 0.5) is 11.4 Å². The Balaban J connectivity index is 1.11. The molecule has 5 rings (SSSR count). The third-order valence-corrected chi connectivity index (χ3v) is 7.09. The summed E-state index contributed by atoms with van der Waals surface area (Å²) in [5.41, 5.74) is 4.43. The fourth-order valence-electron chi connectivity index (χ4n) is 5.04. The van der Waals surface area contributed by atoms with Gasteiger partial charge in [-0.05, 0) is 42.0 Å². The van der Waals surface area contributed by atoms with Gasteiger partial charge in [0.1, 0.15) is 5.75 Å². The van der Waals surface area contributed by atoms with E-state index in [1.807, 2.05) is 35.2 Å². The molecule has 182 valence electrons. The number of anilines is 2. The molecule has 3 aromatic rings. The van der Waals surface area contributed by atoms with E-state index in [4.69, 9.17) is 4.74 Å². The number of nitrogens with zero attached hydrogens (tertiary/aromatic N) is 4. The van der Waals surface area contributed by atoms with Gasteiger partial charge in [0.2, 0.25) is 0 Å². The van der Waals surface area contributed by atoms with Gasteiger partial charge >= 0.3 is 0 Å². The summed E-state index contributed by atoms with van der Waals surface area (Å²) in [4.78, 5) is 22.2. The van der Waals surface area contributed by atoms with Gasteiger partial charge in [-0.2, -0.15) is 0 Å². The van der Waals surface area contributed by atoms with Crippen molar-refractivity contribution in [3.05, 3.63) is 90.0 Å². The number of hydrogen-bond donors (Lipinski definition) is 0. The van der Waals surface area contributed by atoms with Gasteiger partial charge in [-0.1, -0.05) is 42.5 Å². The second-order valence-corrected chi connectivity index (χ2v) is 9.25. The molecule has 0 aliphatic carbocycles. The van der Waals surface area contributed by atoms with Crippen LogP contribution in [0.1, 0.15) is 15.9 Å². The normalized spacial score (nSPS) is 16.9. The molecule has 0 bridgehead atoms. The number of ether oxygens (including phenoxy) is 1. The first-order valence-corrected chi connectivity index (χ1v) is 12.5. The second kappa shape index (κ2) is 10.8. The van der Waals surface area contributed by atoms with Gasteiger partial charge in [-0.3, -0.25) is 9.69 Å². The van der Waals surface area contributed by atoms with Crippen LogP contribution in [0, 0.1) is 0 Å². The van der Waals surface area contributed by atoms with Crippen molar-refractivity contribution in [2.75, 3.05) is 69.3 Å². The first-order chi connectivity index (χ1) is 17.2. The molecule has 0 N–H and O–H groups in total. The fourth-order valence-corrected chi connectivity index (χ4v) is 5.04. The van der Waals surface area contributed by atoms with Crippen LogP contribution in [0.15, 0.2) is 78.9 Å². The summed E-state index contributed by atoms with van der Waals surface area (Å²) in [6.45, 7) is 8.12. The van der Waals surface area contributed by atoms with Crippen LogP contribution in [0.25, 0.3) is 0 Å². The maximum Gasteiger partial charge on any atom is 0.253 e. The minimum Gasteiger partial charge on any atom is -0.495 e. The molecule has 2 aliphatic rings. The molecule has 1 amide bonds. The van der Waals surface area contributed by atoms with Gasteiger partial charge in [-0.15, -0.1) is 0 Å². The molecule has 2 heterocycles. The molecule has 6 nitrogen and oxygen atoms in total. The molecule has 2 aliphatic heterocycles. The number of piperazine rings is 2. The zero-order chi connectivity index (χ0) is 24.0. The summed E-state index contributed by atoms with van der Waals surface area (Å²) < 4.78 is 5.53. The van der Waals surface area contributed by atoms with E-state index in [1.165, 1.54) is 16.9 Å². The Kier molecular flexibility index (Phi) is 7.19. The van der Waals surface area contributed by atoms with Gasteiger partial charge in [-0.25, -0.2) is 0 Å². The Hall–Kier alpha value is -3.51. The molecule has 6 heteroatoms. The zero-order valence-electron chi connectivity index (χ0n) is 20.5. The number of carbonyl (C=O) groups excluding carboxylic acids is 1. The molecule has 35 heavy (non-hydrogen) atoms. The van der Waals surface area contributed by atoms with Crippen LogP contribution in [-0.4, -0.2) is 75.2 Å². The van der Waals surface area contributed by atoms with Crippen LogP contribution < -0.4 is 14.5 Å². The van der Waals surface area contributed by atoms with Crippen LogP contribution in [0.5, 0.6) is 5.75 Å². The van der Waals surface area contributed by atoms with Gasteiger partial charge in [0.15, 0.2) is 0 Å². The third kappa shape index (κ3) is 5.43. The highest BCUT2D eigenvalue weighted by Crippen LogP contribution is 2.28. The fraction of sp³-hybridized carbons (Fsp3) is 0.345. The van der Waals surface area contributed by atoms with Crippen molar-refractivity contribution < 1.29 is 9.53 Å². The lowest BCUT2D eigenvalue weighted by molar-refractivity contribution is 0.0746. The van der Waals surface area contributed by atoms with E-state index in [2.05, 4.69) is 63.2 Å². The highest BCUT2D eigenvalue weighted by molar-refractivity contribution is 5.94. The van der Waals surface area contributed by atoms with Crippen molar-refractivity contribution in [3.63, 3.8) is 0 Å². The summed E-state index contributed by atoms with van der Waals surface area (Å²) in [5, 5.41) is 0. The van der Waals surface area contributed by atoms with E-state index in [9.17, 15) is 4.79 Å². The summed E-state index contributed by atoms with van der Waals surface area (Å²) in [6.07, 6.45) is 0. The first-order valence-electron chi connectivity index (χ1n) is 12.5. The number of hydrogen-bond acceptors (Lipinski definition) is 5. The monoisotopic (exact) mass is 470 g/mol. The Labute approximate surface area is 208 Å². The number of amides is 1. The molecule has 2 fully saturated rings. The van der Waals surface area contributed by atoms with Crippen molar-refractivity contribution in [1.82, 2.24) is 9.80 Å². The molecular weight excluding hydrogens is 436 g/mol. The number of rotatable bonds is 6. The van der Waals surface area contributed by atoms with E-state index >= 15 is 0 Å². The minimum absolute atomic E-state index is 0.134. The van der Waals surface area contributed by atoms with Gasteiger partial charge < -0.3 is 19.4 Å². The number of para-hydroxylation sites is 3. The van der Waals surface area contributed by atoms with Gasteiger partial charge in [0.25, 0.3) is 5.91 Å². The van der Waals surface area contributed by atoms with Gasteiger partial charge in [0, 0.05) is 70.2 Å². The van der Waals surface area contributed by atoms with E-state index in [-0.39, 0.29) is 5.91 Å². The van der Waals surface area contributed by atoms with Crippen molar-refractivity contribution in [2.24, 2.45) is 0 Å². The Morgan fingerprint density at radius 2 is 1.34 bits per heavy atom. The SMILES string of the molecule is COc1ccccc1N1CCN(Cc2ccc(C(=O)N3CCN(c4ccccc4)CC3)cc2)CC1. The van der Waals surface area contributed by atoms with Crippen LogP contribution in [0.2, 0.25) is 0 Å². The standard InChI is InChI=1S/C29H34N4O2/c1-35-28-10-6-5-9-27(28)32-17-15-30(16-18-32)23-24-11-13-25(14-12-24)29(34)33-21-19-31(20-22-33)26-7-3-2-4-8-26/h2-14H,15-23H2,1H3. The molecular formula is C29H34N4O2. The average Bonchev–Trinajstić information content (AvgIpc) is 2.94. The van der Waals surface area contributed by atoms with Crippen molar-refractivity contribution in [1.29, 1.82) is 0 Å². The van der Waals surface area contributed by atoms with Crippen LogP contribution in [-0.2, 0) is 6.54 Å². The first kappa shape index (κ1) is 23.2. The molecule has 0 atom stereocenters. The van der Waals surface area contributed by atoms with Crippen molar-refractivity contribution >= 4 is 17.3 Å². The number of carbonyl (C=O) groups is 1. The van der Waals surface area contributed by atoms with Crippen molar-refractivity contribution in [3.8, 4) is 5.75 Å². The Morgan fingerprint density at radius 3 is 2.03 bits per heavy atom. The minimum atomic E-state index is 0.134. The highest BCUT2D eigenvalue weighted by atomic mass is 16.5. The second-order valence-electron chi connectivity index (χ2n) is 9.25. The van der Waals surface area contributed by atoms with E-state index in [0.29, 0.717) is 0 Å². The van der Waals surface area contributed by atoms with Crippen molar-refractivity contribution in [2.45, 2.75) is 6.54 Å². The van der Waals surface area contributed by atoms with Gasteiger partial charge in [0.05, 0.1) is 12.8 Å². The molecule has 0 saturated carbocycles. The quantitative estimate of drug-likeness (QED) is 0.545. The maximum absolute atomic E-state index is 13.0. The lowest BCUT2D eigenvalue weighted by atomic mass is 10.1. The van der Waals surface area contributed by atoms with E-state index < -0.39 is 0 Å². The summed E-state index contributed by atoms with van der Waals surface area (Å²) >= 11 is 0. The highest BCUT2D eigenvalue weighted by Gasteiger charge is 2.23. The number of methoxy groups -OCH3 is 1. The molecule has 0 unspecified atom stereocenters. The Morgan fingerprint density at radius 1 is 0.714 bits per heavy atom. The average molecular weight is 471 g/mol. The molecule has 2 saturated heterocycles. The van der Waals surface area contributed by atoms with E-state index in [1.54, 1.807) is 7.11 Å². The third-order valence-electron chi connectivity index (χ3n) is 7.09. The number of benzene rings is 3. The molecule has 3 aromatic carbocycles. The summed E-state index contributed by atoms with van der Waals surface area (Å²) in [5.74, 6) is 1.07. The van der Waals surface area contributed by atoms with Crippen LogP contribution >= 0.6 is 0 Å². The summed E-state index contributed by atoms with van der Waals surface area (Å²) in [7, 11) is 1.73. The lowest BCUT2D eigenvalue weighted by Crippen LogP contribution is -2.48. The lowest BCUT2D eigenvalue weighted by Gasteiger charge is -2.36. The Bertz CT molecular complexity index is 1100. The van der Waals surface area contributed by atoms with E-state index in [0.717, 1.165) is 70.2 Å². The topological polar surface area (TPSA) is 39.3 Å². The molecule has 0 aromatic heterocycles.